The standard InChI is InChI=1S/C62H90N10O8.2ClH/c1-35(63-9)51(73)69-49(59(3,4)5)55(77)71-32-41(26-47(71)53(75)67-45-23-15-19-39-17-11-13-21-43(39)45)65-57(79)61-28-37-25-38(29-61)31-62(30-37,34-61)58(80)66-42-27-48(54(76)68-46-24-16-20-40-18-12-14-22-44(40)46)72(33-42)56(78)50(60(6,7)8)70-52(74)36(2)64-10;;/h11-14,17-18,21-22,35-38,41-42,45-50,63-64H,15-16,19-20,23-34H2,1-10H3,(H,65,79)(H,66,80)(H,67,75)(H,68,76)(H,69,73)(H,70,74);2*1H/t35-,36-,37?,38?,41-,42-,45+,46+,47-,48-,49+,50+,61?,62?;;/m0../s1. The van der Waals surface area contributed by atoms with Gasteiger partial charge in [0.25, 0.3) is 0 Å². The molecule has 8 aliphatic rings. The minimum Gasteiger partial charge on any atom is -0.351 e. The van der Waals surface area contributed by atoms with E-state index in [9.17, 15) is 28.8 Å². The average Bonchev–Trinajstić information content (AvgIpc) is 3.68. The van der Waals surface area contributed by atoms with Crippen molar-refractivity contribution < 1.29 is 38.4 Å². The molecule has 10 atom stereocenters. The lowest BCUT2D eigenvalue weighted by atomic mass is 9.43. The van der Waals surface area contributed by atoms with E-state index < -0.39 is 81.8 Å². The molecule has 0 spiro atoms. The second-order valence-corrected chi connectivity index (χ2v) is 27.3. The number of hydrogen-bond acceptors (Lipinski definition) is 10. The lowest BCUT2D eigenvalue weighted by Gasteiger charge is -2.60. The SMILES string of the molecule is CN[C@@H](C)C(=O)N[C@H](C(=O)N1C[C@@H](NC(=O)C23CC4CC(C2)CC(C(=O)N[C@H]2C[C@@H](C(=O)N[C@@H]5CCCc6ccccc65)N(C(=O)[C@@H](NC(=O)[C@H](C)NC)C(C)(C)C)C2)(C4)C3)C[C@H]1C(=O)N[C@@H]1CCCc2ccccc21)C(C)(C)C.Cl.Cl. The summed E-state index contributed by atoms with van der Waals surface area (Å²) in [6.45, 7) is 14.9. The van der Waals surface area contributed by atoms with Gasteiger partial charge in [0, 0.05) is 25.2 Å². The van der Waals surface area contributed by atoms with Crippen LogP contribution in [0.3, 0.4) is 0 Å². The summed E-state index contributed by atoms with van der Waals surface area (Å²) in [5, 5.41) is 25.2. The Balaban J connectivity index is 0.00000484. The van der Waals surface area contributed by atoms with Crippen molar-refractivity contribution in [1.82, 2.24) is 52.3 Å². The highest BCUT2D eigenvalue weighted by molar-refractivity contribution is 5.96. The predicted octanol–water partition coefficient (Wildman–Crippen LogP) is 5.25. The Morgan fingerprint density at radius 2 is 0.902 bits per heavy atom. The molecule has 20 heteroatoms. The molecule has 6 aliphatic carbocycles. The number of likely N-dealkylation sites (N-methyl/N-ethyl adjacent to an activating group) is 2. The minimum atomic E-state index is -0.968. The van der Waals surface area contributed by atoms with Gasteiger partial charge in [0.2, 0.25) is 47.3 Å². The molecule has 2 saturated heterocycles. The molecule has 2 heterocycles. The van der Waals surface area contributed by atoms with Crippen LogP contribution < -0.4 is 42.5 Å². The van der Waals surface area contributed by atoms with Crippen molar-refractivity contribution in [3.8, 4) is 0 Å². The Kier molecular flexibility index (Phi) is 20.0. The molecule has 10 rings (SSSR count). The van der Waals surface area contributed by atoms with Gasteiger partial charge in [-0.3, -0.25) is 38.4 Å². The Hall–Kier alpha value is -5.30. The van der Waals surface area contributed by atoms with Gasteiger partial charge in [0.15, 0.2) is 0 Å². The van der Waals surface area contributed by atoms with Gasteiger partial charge >= 0.3 is 0 Å². The van der Waals surface area contributed by atoms with Crippen molar-refractivity contribution in [3.63, 3.8) is 0 Å². The molecule has 18 nitrogen and oxygen atoms in total. The normalized spacial score (nSPS) is 29.4. The summed E-state index contributed by atoms with van der Waals surface area (Å²) in [5.41, 5.74) is 1.31. The summed E-state index contributed by atoms with van der Waals surface area (Å²) in [4.78, 5) is 120. The maximum absolute atomic E-state index is 15.2. The van der Waals surface area contributed by atoms with Crippen molar-refractivity contribution in [3.05, 3.63) is 70.8 Å². The van der Waals surface area contributed by atoms with E-state index in [0.29, 0.717) is 32.1 Å². The van der Waals surface area contributed by atoms with Crippen LogP contribution in [0.25, 0.3) is 0 Å². The topological polar surface area (TPSA) is 239 Å². The highest BCUT2D eigenvalue weighted by Crippen LogP contribution is 2.65. The van der Waals surface area contributed by atoms with Crippen LogP contribution in [0.5, 0.6) is 0 Å². The molecule has 2 aliphatic heterocycles. The Morgan fingerprint density at radius 3 is 1.26 bits per heavy atom. The number of aryl methyl sites for hydroxylation is 2. The maximum atomic E-state index is 15.2. The highest BCUT2D eigenvalue weighted by Gasteiger charge is 2.64. The van der Waals surface area contributed by atoms with E-state index in [-0.39, 0.29) is 110 Å². The van der Waals surface area contributed by atoms with Gasteiger partial charge in [-0.15, -0.1) is 24.8 Å². The van der Waals surface area contributed by atoms with Crippen molar-refractivity contribution >= 4 is 72.1 Å². The fourth-order valence-electron chi connectivity index (χ4n) is 15.1. The van der Waals surface area contributed by atoms with E-state index in [0.717, 1.165) is 56.1 Å². The van der Waals surface area contributed by atoms with E-state index in [2.05, 4.69) is 54.7 Å². The molecule has 82 heavy (non-hydrogen) atoms. The van der Waals surface area contributed by atoms with Gasteiger partial charge in [-0.05, 0) is 163 Å². The zero-order valence-electron chi connectivity index (χ0n) is 49.8. The second kappa shape index (κ2) is 25.5. The van der Waals surface area contributed by atoms with Crippen LogP contribution in [0.1, 0.15) is 167 Å². The zero-order valence-corrected chi connectivity index (χ0v) is 51.5. The van der Waals surface area contributed by atoms with Crippen LogP contribution in [0.4, 0.5) is 0 Å². The smallest absolute Gasteiger partial charge is 0.246 e. The molecular formula is C62H92Cl2N10O8. The molecule has 2 aromatic rings. The van der Waals surface area contributed by atoms with Crippen molar-refractivity contribution in [2.75, 3.05) is 27.2 Å². The quantitative estimate of drug-likeness (QED) is 0.109. The molecule has 4 bridgehead atoms. The third kappa shape index (κ3) is 13.3. The number of carbonyl (C=O) groups excluding carboxylic acids is 8. The van der Waals surface area contributed by atoms with Crippen LogP contribution in [0.2, 0.25) is 0 Å². The Bertz CT molecular complexity index is 2540. The van der Waals surface area contributed by atoms with E-state index in [4.69, 9.17) is 0 Å². The monoisotopic (exact) mass is 1170 g/mol. The van der Waals surface area contributed by atoms with Crippen LogP contribution in [-0.2, 0) is 51.2 Å². The first-order valence-electron chi connectivity index (χ1n) is 29.8. The van der Waals surface area contributed by atoms with Gasteiger partial charge in [0.1, 0.15) is 24.2 Å². The number of fused-ring (bicyclic) bond motifs is 2. The van der Waals surface area contributed by atoms with Gasteiger partial charge in [-0.1, -0.05) is 90.1 Å². The molecule has 8 amide bonds. The number of carbonyl (C=O) groups is 8. The molecule has 0 unspecified atom stereocenters. The molecule has 0 radical (unpaired) electrons. The second-order valence-electron chi connectivity index (χ2n) is 27.3. The third-order valence-electron chi connectivity index (χ3n) is 19.3. The molecular weight excluding hydrogens is 1080 g/mol. The van der Waals surface area contributed by atoms with Gasteiger partial charge in [0.05, 0.1) is 35.0 Å². The highest BCUT2D eigenvalue weighted by atomic mass is 35.5. The lowest BCUT2D eigenvalue weighted by Crippen LogP contribution is -2.63. The van der Waals surface area contributed by atoms with Gasteiger partial charge < -0.3 is 52.3 Å². The molecule has 8 N–H and O–H groups in total. The minimum absolute atomic E-state index is 0. The molecule has 2 aromatic carbocycles. The summed E-state index contributed by atoms with van der Waals surface area (Å²) in [5.74, 6) is -2.19. The summed E-state index contributed by atoms with van der Waals surface area (Å²) >= 11 is 0. The number of hydrogen-bond donors (Lipinski definition) is 8. The van der Waals surface area contributed by atoms with E-state index in [1.54, 1.807) is 37.7 Å². The van der Waals surface area contributed by atoms with Crippen molar-refractivity contribution in [2.45, 2.75) is 206 Å². The third-order valence-corrected chi connectivity index (χ3v) is 19.3. The van der Waals surface area contributed by atoms with Crippen LogP contribution in [0, 0.1) is 33.5 Å². The molecule has 452 valence electrons. The first kappa shape index (κ1) is 64.3. The number of amides is 8. The summed E-state index contributed by atoms with van der Waals surface area (Å²) in [6.07, 6.45) is 9.24. The fourth-order valence-corrected chi connectivity index (χ4v) is 15.1. The first-order valence-corrected chi connectivity index (χ1v) is 29.8. The number of nitrogens with zero attached hydrogens (tertiary/aromatic N) is 2. The predicted molar refractivity (Wildman–Crippen MR) is 318 cm³/mol. The lowest BCUT2D eigenvalue weighted by molar-refractivity contribution is -0.168. The Morgan fingerprint density at radius 1 is 0.537 bits per heavy atom. The fraction of sp³-hybridized carbons (Fsp3) is 0.677. The zero-order chi connectivity index (χ0) is 57.6. The van der Waals surface area contributed by atoms with Crippen molar-refractivity contribution in [2.24, 2.45) is 33.5 Å². The summed E-state index contributed by atoms with van der Waals surface area (Å²) in [7, 11) is 3.35. The van der Waals surface area contributed by atoms with E-state index in [1.807, 2.05) is 77.9 Å². The number of halogens is 2. The average molecular weight is 1180 g/mol. The van der Waals surface area contributed by atoms with Crippen molar-refractivity contribution in [1.29, 1.82) is 0 Å². The first-order chi connectivity index (χ1) is 37.8. The maximum Gasteiger partial charge on any atom is 0.246 e. The van der Waals surface area contributed by atoms with Crippen LogP contribution >= 0.6 is 24.8 Å². The summed E-state index contributed by atoms with van der Waals surface area (Å²) in [6, 6.07) is 9.65. The number of likely N-dealkylation sites (tertiary alicyclic amines) is 2. The number of rotatable bonds is 16. The summed E-state index contributed by atoms with van der Waals surface area (Å²) < 4.78 is 0. The van der Waals surface area contributed by atoms with E-state index >= 15 is 9.59 Å². The molecule has 0 aromatic heterocycles. The largest absolute Gasteiger partial charge is 0.351 e. The Labute approximate surface area is 497 Å². The van der Waals surface area contributed by atoms with Gasteiger partial charge in [-0.2, -0.15) is 0 Å². The van der Waals surface area contributed by atoms with Crippen LogP contribution in [0.15, 0.2) is 48.5 Å². The number of benzene rings is 2. The number of nitrogens with one attached hydrogen (secondary N) is 8. The van der Waals surface area contributed by atoms with Crippen LogP contribution in [-0.4, -0.2) is 133 Å². The van der Waals surface area contributed by atoms with E-state index in [1.165, 1.54) is 11.1 Å². The van der Waals surface area contributed by atoms with Gasteiger partial charge in [-0.25, -0.2) is 0 Å². The molecule has 4 saturated carbocycles. The molecule has 6 fully saturated rings.